The van der Waals surface area contributed by atoms with Crippen molar-refractivity contribution in [1.82, 2.24) is 0 Å². The van der Waals surface area contributed by atoms with Crippen molar-refractivity contribution in [3.8, 4) is 5.75 Å². The van der Waals surface area contributed by atoms with E-state index in [9.17, 15) is 0 Å². The van der Waals surface area contributed by atoms with Crippen molar-refractivity contribution >= 4 is 5.69 Å². The summed E-state index contributed by atoms with van der Waals surface area (Å²) in [4.78, 5) is 0. The second-order valence-corrected chi connectivity index (χ2v) is 5.31. The maximum atomic E-state index is 5.47. The largest absolute Gasteiger partial charge is 0.494 e. The molecular formula is C18H21NO. The Hall–Kier alpha value is -1.96. The normalized spacial score (nSPS) is 17.4. The molecule has 20 heavy (non-hydrogen) atoms. The first kappa shape index (κ1) is 13.0. The molecule has 1 N–H and O–H groups in total. The molecule has 3 rings (SSSR count). The minimum absolute atomic E-state index is 0.530. The highest BCUT2D eigenvalue weighted by Crippen LogP contribution is 2.24. The molecule has 1 atom stereocenters. The molecule has 0 heterocycles. The quantitative estimate of drug-likeness (QED) is 0.902. The van der Waals surface area contributed by atoms with Gasteiger partial charge in [0.05, 0.1) is 6.61 Å². The Labute approximate surface area is 120 Å². The molecule has 2 nitrogen and oxygen atoms in total. The lowest BCUT2D eigenvalue weighted by Crippen LogP contribution is -2.27. The van der Waals surface area contributed by atoms with E-state index in [1.54, 1.807) is 0 Å². The van der Waals surface area contributed by atoms with Crippen molar-refractivity contribution in [3.05, 3.63) is 59.7 Å². The Bertz CT molecular complexity index is 562. The van der Waals surface area contributed by atoms with Gasteiger partial charge in [-0.3, -0.25) is 0 Å². The fourth-order valence-electron chi connectivity index (χ4n) is 2.87. The maximum Gasteiger partial charge on any atom is 0.119 e. The SMILES string of the molecule is CCOc1ccc(NC2CCc3ccccc3C2)cc1. The number of hydrogen-bond donors (Lipinski definition) is 1. The predicted octanol–water partition coefficient (Wildman–Crippen LogP) is 4.05. The lowest BCUT2D eigenvalue weighted by Gasteiger charge is -2.26. The number of nitrogens with one attached hydrogen (secondary N) is 1. The minimum Gasteiger partial charge on any atom is -0.494 e. The van der Waals surface area contributed by atoms with Crippen molar-refractivity contribution in [1.29, 1.82) is 0 Å². The van der Waals surface area contributed by atoms with Gasteiger partial charge in [0.1, 0.15) is 5.75 Å². The summed E-state index contributed by atoms with van der Waals surface area (Å²) in [5.74, 6) is 0.937. The Kier molecular flexibility index (Phi) is 3.91. The van der Waals surface area contributed by atoms with Crippen LogP contribution in [0, 0.1) is 0 Å². The summed E-state index contributed by atoms with van der Waals surface area (Å²) >= 11 is 0. The van der Waals surface area contributed by atoms with Crippen LogP contribution in [0.5, 0.6) is 5.75 Å². The number of benzene rings is 2. The third-order valence-corrected chi connectivity index (χ3v) is 3.88. The first-order valence-electron chi connectivity index (χ1n) is 7.41. The van der Waals surface area contributed by atoms with Crippen LogP contribution < -0.4 is 10.1 Å². The molecular weight excluding hydrogens is 246 g/mol. The van der Waals surface area contributed by atoms with E-state index in [1.165, 1.54) is 29.7 Å². The molecule has 2 heteroatoms. The van der Waals surface area contributed by atoms with E-state index in [1.807, 2.05) is 19.1 Å². The topological polar surface area (TPSA) is 21.3 Å². The molecule has 0 aromatic heterocycles. The van der Waals surface area contributed by atoms with Crippen molar-refractivity contribution in [3.63, 3.8) is 0 Å². The van der Waals surface area contributed by atoms with Crippen LogP contribution >= 0.6 is 0 Å². The van der Waals surface area contributed by atoms with Gasteiger partial charge in [0.2, 0.25) is 0 Å². The molecule has 0 amide bonds. The van der Waals surface area contributed by atoms with Gasteiger partial charge in [-0.05, 0) is 61.6 Å². The summed E-state index contributed by atoms with van der Waals surface area (Å²) in [6.45, 7) is 2.72. The molecule has 1 aliphatic rings. The van der Waals surface area contributed by atoms with Crippen molar-refractivity contribution in [2.24, 2.45) is 0 Å². The average molecular weight is 267 g/mol. The Morgan fingerprint density at radius 1 is 1.05 bits per heavy atom. The van der Waals surface area contributed by atoms with E-state index >= 15 is 0 Å². The molecule has 104 valence electrons. The summed E-state index contributed by atoms with van der Waals surface area (Å²) in [5.41, 5.74) is 4.18. The van der Waals surface area contributed by atoms with Crippen LogP contribution in [-0.2, 0) is 12.8 Å². The molecule has 0 radical (unpaired) electrons. The maximum absolute atomic E-state index is 5.47. The lowest BCUT2D eigenvalue weighted by molar-refractivity contribution is 0.340. The van der Waals surface area contributed by atoms with Gasteiger partial charge >= 0.3 is 0 Å². The zero-order chi connectivity index (χ0) is 13.8. The van der Waals surface area contributed by atoms with E-state index in [2.05, 4.69) is 41.7 Å². The first-order valence-corrected chi connectivity index (χ1v) is 7.41. The summed E-state index contributed by atoms with van der Waals surface area (Å²) < 4.78 is 5.47. The first-order chi connectivity index (χ1) is 9.85. The number of rotatable bonds is 4. The monoisotopic (exact) mass is 267 g/mol. The molecule has 0 saturated carbocycles. The highest BCUT2D eigenvalue weighted by molar-refractivity contribution is 5.48. The molecule has 0 spiro atoms. The van der Waals surface area contributed by atoms with Crippen molar-refractivity contribution < 1.29 is 4.74 Å². The third kappa shape index (κ3) is 2.96. The Balaban J connectivity index is 1.64. The number of fused-ring (bicyclic) bond motifs is 1. The van der Waals surface area contributed by atoms with Crippen LogP contribution in [0.3, 0.4) is 0 Å². The zero-order valence-corrected chi connectivity index (χ0v) is 11.9. The van der Waals surface area contributed by atoms with Crippen molar-refractivity contribution in [2.45, 2.75) is 32.2 Å². The van der Waals surface area contributed by atoms with E-state index in [0.717, 1.165) is 12.2 Å². The van der Waals surface area contributed by atoms with Gasteiger partial charge in [0, 0.05) is 11.7 Å². The molecule has 1 unspecified atom stereocenters. The van der Waals surface area contributed by atoms with E-state index < -0.39 is 0 Å². The molecule has 1 aliphatic carbocycles. The summed E-state index contributed by atoms with van der Waals surface area (Å²) in [6.07, 6.45) is 3.48. The van der Waals surface area contributed by atoms with Crippen LogP contribution in [0.15, 0.2) is 48.5 Å². The van der Waals surface area contributed by atoms with E-state index in [0.29, 0.717) is 12.6 Å². The number of hydrogen-bond acceptors (Lipinski definition) is 2. The van der Waals surface area contributed by atoms with E-state index in [4.69, 9.17) is 4.74 Å². The Morgan fingerprint density at radius 2 is 1.80 bits per heavy atom. The zero-order valence-electron chi connectivity index (χ0n) is 11.9. The summed E-state index contributed by atoms with van der Waals surface area (Å²) in [6, 6.07) is 17.6. The van der Waals surface area contributed by atoms with E-state index in [-0.39, 0.29) is 0 Å². The molecule has 0 fully saturated rings. The highest BCUT2D eigenvalue weighted by atomic mass is 16.5. The van der Waals surface area contributed by atoms with Crippen molar-refractivity contribution in [2.75, 3.05) is 11.9 Å². The van der Waals surface area contributed by atoms with Gasteiger partial charge in [-0.25, -0.2) is 0 Å². The fourth-order valence-corrected chi connectivity index (χ4v) is 2.87. The Morgan fingerprint density at radius 3 is 2.55 bits per heavy atom. The van der Waals surface area contributed by atoms with Gasteiger partial charge in [0.15, 0.2) is 0 Å². The third-order valence-electron chi connectivity index (χ3n) is 3.88. The van der Waals surface area contributed by atoms with Crippen LogP contribution in [0.4, 0.5) is 5.69 Å². The molecule has 0 saturated heterocycles. The molecule has 0 aliphatic heterocycles. The number of aryl methyl sites for hydroxylation is 1. The molecule has 2 aromatic rings. The van der Waals surface area contributed by atoms with Gasteiger partial charge < -0.3 is 10.1 Å². The summed E-state index contributed by atoms with van der Waals surface area (Å²) in [7, 11) is 0. The average Bonchev–Trinajstić information content (AvgIpc) is 2.49. The van der Waals surface area contributed by atoms with Crippen LogP contribution in [-0.4, -0.2) is 12.6 Å². The second-order valence-electron chi connectivity index (χ2n) is 5.31. The molecule has 2 aromatic carbocycles. The highest BCUT2D eigenvalue weighted by Gasteiger charge is 2.17. The van der Waals surface area contributed by atoms with Gasteiger partial charge in [0.25, 0.3) is 0 Å². The smallest absolute Gasteiger partial charge is 0.119 e. The van der Waals surface area contributed by atoms with Gasteiger partial charge in [-0.1, -0.05) is 24.3 Å². The van der Waals surface area contributed by atoms with Crippen LogP contribution in [0.1, 0.15) is 24.5 Å². The molecule has 0 bridgehead atoms. The number of anilines is 1. The standard InChI is InChI=1S/C18H21NO/c1-2-20-18-11-9-16(10-12-18)19-17-8-7-14-5-3-4-6-15(14)13-17/h3-6,9-12,17,19H,2,7-8,13H2,1H3. The minimum atomic E-state index is 0.530. The second kappa shape index (κ2) is 6.00. The number of ether oxygens (including phenoxy) is 1. The van der Waals surface area contributed by atoms with Gasteiger partial charge in [-0.2, -0.15) is 0 Å². The lowest BCUT2D eigenvalue weighted by atomic mass is 9.88. The predicted molar refractivity (Wildman–Crippen MR) is 83.5 cm³/mol. The fraction of sp³-hybridized carbons (Fsp3) is 0.333. The van der Waals surface area contributed by atoms with Crippen LogP contribution in [0.25, 0.3) is 0 Å². The summed E-state index contributed by atoms with van der Waals surface area (Å²) in [5, 5.41) is 3.64. The van der Waals surface area contributed by atoms with Gasteiger partial charge in [-0.15, -0.1) is 0 Å². The van der Waals surface area contributed by atoms with Crippen LogP contribution in [0.2, 0.25) is 0 Å².